The van der Waals surface area contributed by atoms with Crippen molar-refractivity contribution in [1.82, 2.24) is 0 Å². The molecule has 2 heterocycles. The summed E-state index contributed by atoms with van der Waals surface area (Å²) in [4.78, 5) is 40.8. The zero-order valence-electron chi connectivity index (χ0n) is 23.3. The summed E-state index contributed by atoms with van der Waals surface area (Å²) in [5.41, 5.74) is 2.04. The van der Waals surface area contributed by atoms with Crippen LogP contribution in [0.15, 0.2) is 64.8 Å². The molecule has 5 rings (SSSR count). The Kier molecular flexibility index (Phi) is 10.0. The Hall–Kier alpha value is -2.78. The van der Waals surface area contributed by atoms with Crippen LogP contribution in [0.4, 0.5) is 11.4 Å². The van der Waals surface area contributed by atoms with Gasteiger partial charge in [-0.2, -0.15) is 10.1 Å². The van der Waals surface area contributed by atoms with Gasteiger partial charge in [-0.1, -0.05) is 75.5 Å². The molecule has 204 valence electrons. The zero-order chi connectivity index (χ0) is 27.5. The average molecular weight is 552 g/mol. The molecule has 9 heteroatoms. The number of para-hydroxylation sites is 1. The molecule has 0 spiro atoms. The number of benzene rings is 2. The van der Waals surface area contributed by atoms with E-state index in [9.17, 15) is 24.6 Å². The predicted octanol–water partition coefficient (Wildman–Crippen LogP) is 0.983. The van der Waals surface area contributed by atoms with E-state index in [-0.39, 0.29) is 35.1 Å². The van der Waals surface area contributed by atoms with Crippen LogP contribution < -0.4 is 44.6 Å². The number of anilines is 2. The number of carboxylic acid groups (broad SMARTS) is 1. The predicted molar refractivity (Wildman–Crippen MR) is 148 cm³/mol. The molecule has 0 aromatic heterocycles. The molecule has 2 aliphatic heterocycles. The number of aliphatic carboxylic acids is 1. The number of fused-ring (bicyclic) bond motifs is 1. The van der Waals surface area contributed by atoms with Gasteiger partial charge in [-0.15, -0.1) is 0 Å². The van der Waals surface area contributed by atoms with Gasteiger partial charge in [-0.3, -0.25) is 9.59 Å². The van der Waals surface area contributed by atoms with E-state index in [1.807, 2.05) is 18.2 Å². The van der Waals surface area contributed by atoms with Crippen molar-refractivity contribution in [2.75, 3.05) is 23.0 Å². The minimum Gasteiger partial charge on any atom is -0.848 e. The van der Waals surface area contributed by atoms with Crippen LogP contribution in [0.1, 0.15) is 68.9 Å². The van der Waals surface area contributed by atoms with Crippen molar-refractivity contribution < 1.29 is 54.2 Å². The first-order valence-corrected chi connectivity index (χ1v) is 14.0. The van der Waals surface area contributed by atoms with Crippen LogP contribution in [0, 0.1) is 0 Å². The monoisotopic (exact) mass is 551 g/mol. The smallest absolute Gasteiger partial charge is 0.848 e. The maximum Gasteiger partial charge on any atom is 1.00 e. The fourth-order valence-corrected chi connectivity index (χ4v) is 5.85. The van der Waals surface area contributed by atoms with Crippen molar-refractivity contribution in [3.05, 3.63) is 70.8 Å². The molecular weight excluding hydrogens is 517 g/mol. The van der Waals surface area contributed by atoms with Gasteiger partial charge in [0.2, 0.25) is 0 Å². The molecule has 0 radical (unpaired) electrons. The Morgan fingerprint density at radius 3 is 2.48 bits per heavy atom. The number of hydrazone groups is 1. The number of aryl methyl sites for hydroxylation is 1. The van der Waals surface area contributed by atoms with E-state index in [4.69, 9.17) is 0 Å². The summed E-state index contributed by atoms with van der Waals surface area (Å²) >= 11 is 0. The molecule has 1 amide bonds. The van der Waals surface area contributed by atoms with Crippen LogP contribution in [0.2, 0.25) is 0 Å². The van der Waals surface area contributed by atoms with E-state index >= 15 is 0 Å². The van der Waals surface area contributed by atoms with Gasteiger partial charge in [-0.05, 0) is 54.2 Å². The van der Waals surface area contributed by atoms with Gasteiger partial charge in [0.05, 0.1) is 11.3 Å². The van der Waals surface area contributed by atoms with Gasteiger partial charge in [-0.25, -0.2) is 4.79 Å². The number of rotatable bonds is 10. The minimum absolute atomic E-state index is 0. The number of nitrogens with zero attached hydrogens (tertiary/aromatic N) is 3. The van der Waals surface area contributed by atoms with Gasteiger partial charge in [0, 0.05) is 24.7 Å². The summed E-state index contributed by atoms with van der Waals surface area (Å²) in [5.74, 6) is -3.66. The first kappa shape index (κ1) is 30.2. The molecule has 2 unspecified atom stereocenters. The van der Waals surface area contributed by atoms with Gasteiger partial charge >= 0.3 is 35.5 Å². The van der Waals surface area contributed by atoms with Gasteiger partial charge in [0.25, 0.3) is 5.91 Å². The molecule has 1 fully saturated rings. The molecule has 2 aromatic rings. The summed E-state index contributed by atoms with van der Waals surface area (Å²) in [5, 5.41) is 28.0. The normalized spacial score (nSPS) is 22.0. The second kappa shape index (κ2) is 13.3. The second-order valence-electron chi connectivity index (χ2n) is 10.5. The summed E-state index contributed by atoms with van der Waals surface area (Å²) < 4.78 is 0. The Labute approximate surface area is 257 Å². The van der Waals surface area contributed by atoms with Crippen molar-refractivity contribution in [2.24, 2.45) is 5.10 Å². The van der Waals surface area contributed by atoms with Crippen molar-refractivity contribution >= 4 is 34.7 Å². The fraction of sp³-hybridized carbons (Fsp3) is 0.419. The maximum absolute atomic E-state index is 13.4. The summed E-state index contributed by atoms with van der Waals surface area (Å²) in [6, 6.07) is 14.2. The SMILES string of the molecule is CCCCCCCCN1CCCc2cc(C3C(=O)/C(=C4/C(=O)N(c5ccccc5)N=C4C(=O)O)C3[O-])ccc21.[Na+]. The van der Waals surface area contributed by atoms with E-state index < -0.39 is 41.0 Å². The van der Waals surface area contributed by atoms with Crippen molar-refractivity contribution in [2.45, 2.75) is 70.3 Å². The largest absolute Gasteiger partial charge is 1.00 e. The maximum atomic E-state index is 13.4. The standard InChI is InChI=1S/C31H34N3O5.Na/c1-2-3-4-5-6-10-17-33-18-11-12-20-19-21(15-16-23(20)33)24-28(35)26(29(24)36)25-27(31(38)39)32-34(30(25)37)22-13-8-7-9-14-22;/h7-9,13-16,19,24,28H,2-6,10-12,17-18H2,1H3,(H,38,39);/q-1;+1/b26-25+;. The third-order valence-corrected chi connectivity index (χ3v) is 7.91. The van der Waals surface area contributed by atoms with Crippen LogP contribution in [0.25, 0.3) is 0 Å². The number of unbranched alkanes of at least 4 members (excludes halogenated alkanes) is 5. The molecule has 8 nitrogen and oxygen atoms in total. The third-order valence-electron chi connectivity index (χ3n) is 7.91. The number of ketones is 1. The molecule has 0 bridgehead atoms. The van der Waals surface area contributed by atoms with Crippen LogP contribution in [-0.4, -0.2) is 47.7 Å². The number of carboxylic acids is 1. The number of carbonyl (C=O) groups excluding carboxylic acids is 2. The summed E-state index contributed by atoms with van der Waals surface area (Å²) in [6.45, 7) is 4.22. The Morgan fingerprint density at radius 1 is 1.05 bits per heavy atom. The molecule has 2 aromatic carbocycles. The first-order valence-electron chi connectivity index (χ1n) is 14.0. The number of Topliss-reactive ketones (excluding diaryl/α,β-unsaturated/α-hetero) is 1. The Bertz CT molecular complexity index is 1340. The topological polar surface area (TPSA) is 113 Å². The Morgan fingerprint density at radius 2 is 1.77 bits per heavy atom. The molecular formula is C31H34N3NaO5. The van der Waals surface area contributed by atoms with E-state index in [1.54, 1.807) is 30.3 Å². The number of hydrogen-bond acceptors (Lipinski definition) is 6. The molecule has 2 atom stereocenters. The third kappa shape index (κ3) is 5.81. The molecule has 1 saturated carbocycles. The first-order chi connectivity index (χ1) is 18.9. The molecule has 3 aliphatic rings. The van der Waals surface area contributed by atoms with Crippen molar-refractivity contribution in [3.8, 4) is 0 Å². The van der Waals surface area contributed by atoms with Gasteiger partial charge in [0.15, 0.2) is 11.5 Å². The Balaban J connectivity index is 0.00000370. The number of amides is 1. The van der Waals surface area contributed by atoms with Crippen LogP contribution in [-0.2, 0) is 20.8 Å². The summed E-state index contributed by atoms with van der Waals surface area (Å²) in [7, 11) is 0. The van der Waals surface area contributed by atoms with Crippen LogP contribution >= 0.6 is 0 Å². The quantitative estimate of drug-likeness (QED) is 0.268. The van der Waals surface area contributed by atoms with Gasteiger partial charge in [0.1, 0.15) is 0 Å². The van der Waals surface area contributed by atoms with Crippen molar-refractivity contribution in [1.29, 1.82) is 0 Å². The minimum atomic E-state index is -1.53. The van der Waals surface area contributed by atoms with E-state index in [2.05, 4.69) is 16.9 Å². The zero-order valence-corrected chi connectivity index (χ0v) is 25.3. The van der Waals surface area contributed by atoms with E-state index in [0.717, 1.165) is 48.6 Å². The summed E-state index contributed by atoms with van der Waals surface area (Å²) in [6.07, 6.45) is 7.82. The molecule has 1 aliphatic carbocycles. The number of hydrogen-bond donors (Lipinski definition) is 1. The average Bonchev–Trinajstić information content (AvgIpc) is 3.27. The van der Waals surface area contributed by atoms with E-state index in [1.165, 1.54) is 32.1 Å². The number of carbonyl (C=O) groups is 3. The van der Waals surface area contributed by atoms with E-state index in [0.29, 0.717) is 11.3 Å². The van der Waals surface area contributed by atoms with Crippen LogP contribution in [0.5, 0.6) is 0 Å². The fourth-order valence-electron chi connectivity index (χ4n) is 5.85. The van der Waals surface area contributed by atoms with Crippen LogP contribution in [0.3, 0.4) is 0 Å². The van der Waals surface area contributed by atoms with Gasteiger partial charge < -0.3 is 15.1 Å². The van der Waals surface area contributed by atoms with Crippen molar-refractivity contribution in [3.63, 3.8) is 0 Å². The second-order valence-corrected chi connectivity index (χ2v) is 10.5. The molecule has 0 saturated heterocycles. The molecule has 40 heavy (non-hydrogen) atoms. The molecule has 1 N–H and O–H groups in total.